The summed E-state index contributed by atoms with van der Waals surface area (Å²) in [5.74, 6) is -3.22. The van der Waals surface area contributed by atoms with Crippen LogP contribution in [0, 0.1) is 10.1 Å². The van der Waals surface area contributed by atoms with Crippen LogP contribution in [-0.4, -0.2) is 33.9 Å². The van der Waals surface area contributed by atoms with Crippen molar-refractivity contribution in [3.8, 4) is 0 Å². The summed E-state index contributed by atoms with van der Waals surface area (Å²) in [6.07, 6.45) is -0.590. The van der Waals surface area contributed by atoms with Crippen LogP contribution in [0.4, 0.5) is 5.69 Å². The normalized spacial score (nSPS) is 11.5. The molecule has 0 aromatic heterocycles. The molecule has 1 rings (SSSR count). The number of rotatable bonds is 6. The lowest BCUT2D eigenvalue weighted by molar-refractivity contribution is -0.385. The number of carbonyl (C=O) groups excluding carboxylic acids is 2. The SMILES string of the molecule is NC(=O)C[C@@H](NC(=O)c1cccc([N+](=O)[O-])c1Br)C(=O)O. The van der Waals surface area contributed by atoms with Crippen LogP contribution in [0.1, 0.15) is 16.8 Å². The van der Waals surface area contributed by atoms with Crippen LogP contribution in [0.15, 0.2) is 22.7 Å². The third-order valence-electron chi connectivity index (χ3n) is 2.43. The molecule has 0 aliphatic carbocycles. The molecule has 0 saturated carbocycles. The Morgan fingerprint density at radius 3 is 2.52 bits per heavy atom. The van der Waals surface area contributed by atoms with E-state index >= 15 is 0 Å². The highest BCUT2D eigenvalue weighted by molar-refractivity contribution is 9.10. The summed E-state index contributed by atoms with van der Waals surface area (Å²) in [4.78, 5) is 43.7. The number of nitro groups is 1. The maximum Gasteiger partial charge on any atom is 0.326 e. The van der Waals surface area contributed by atoms with Crippen LogP contribution in [0.5, 0.6) is 0 Å². The van der Waals surface area contributed by atoms with Gasteiger partial charge >= 0.3 is 5.97 Å². The minimum absolute atomic E-state index is 0.0873. The van der Waals surface area contributed by atoms with E-state index in [9.17, 15) is 24.5 Å². The monoisotopic (exact) mass is 359 g/mol. The molecule has 0 radical (unpaired) electrons. The average Bonchev–Trinajstić information content (AvgIpc) is 2.36. The second-order valence-corrected chi connectivity index (χ2v) is 4.72. The van der Waals surface area contributed by atoms with Crippen molar-refractivity contribution < 1.29 is 24.4 Å². The number of carboxylic acid groups (broad SMARTS) is 1. The fraction of sp³-hybridized carbons (Fsp3) is 0.182. The summed E-state index contributed by atoms with van der Waals surface area (Å²) in [5.41, 5.74) is 4.42. The van der Waals surface area contributed by atoms with E-state index in [1.54, 1.807) is 0 Å². The molecule has 0 aliphatic rings. The lowest BCUT2D eigenvalue weighted by Crippen LogP contribution is -2.43. The number of nitrogens with one attached hydrogen (secondary N) is 1. The van der Waals surface area contributed by atoms with E-state index in [0.29, 0.717) is 0 Å². The predicted octanol–water partition coefficient (Wildman–Crippen LogP) is 0.416. The molecule has 21 heavy (non-hydrogen) atoms. The van der Waals surface area contributed by atoms with Gasteiger partial charge in [0, 0.05) is 6.07 Å². The highest BCUT2D eigenvalue weighted by atomic mass is 79.9. The van der Waals surface area contributed by atoms with Gasteiger partial charge in [-0.25, -0.2) is 4.79 Å². The van der Waals surface area contributed by atoms with Gasteiger partial charge in [-0.1, -0.05) is 6.07 Å². The number of benzene rings is 1. The van der Waals surface area contributed by atoms with E-state index in [4.69, 9.17) is 10.8 Å². The number of aliphatic carboxylic acids is 1. The van der Waals surface area contributed by atoms with Crippen LogP contribution in [0.2, 0.25) is 0 Å². The second kappa shape index (κ2) is 6.79. The zero-order chi connectivity index (χ0) is 16.2. The van der Waals surface area contributed by atoms with E-state index in [1.807, 2.05) is 0 Å². The molecular formula is C11H10BrN3O6. The van der Waals surface area contributed by atoms with E-state index in [-0.39, 0.29) is 15.7 Å². The molecule has 10 heteroatoms. The van der Waals surface area contributed by atoms with Gasteiger partial charge in [0.15, 0.2) is 0 Å². The Labute approximate surface area is 126 Å². The number of carboxylic acids is 1. The Hall–Kier alpha value is -2.49. The van der Waals surface area contributed by atoms with Crippen molar-refractivity contribution in [3.05, 3.63) is 38.3 Å². The number of hydrogen-bond donors (Lipinski definition) is 3. The molecule has 1 atom stereocenters. The van der Waals surface area contributed by atoms with Gasteiger partial charge in [-0.05, 0) is 22.0 Å². The number of hydrogen-bond acceptors (Lipinski definition) is 5. The molecule has 1 aromatic rings. The van der Waals surface area contributed by atoms with Crippen LogP contribution in [-0.2, 0) is 9.59 Å². The molecule has 0 aliphatic heterocycles. The number of nitrogens with two attached hydrogens (primary N) is 1. The summed E-state index contributed by atoms with van der Waals surface area (Å²) >= 11 is 2.92. The highest BCUT2D eigenvalue weighted by Gasteiger charge is 2.25. The van der Waals surface area contributed by atoms with Gasteiger partial charge in [-0.15, -0.1) is 0 Å². The topological polar surface area (TPSA) is 153 Å². The minimum atomic E-state index is -1.51. The van der Waals surface area contributed by atoms with Crippen molar-refractivity contribution in [2.75, 3.05) is 0 Å². The quantitative estimate of drug-likeness (QED) is 0.494. The van der Waals surface area contributed by atoms with Crippen LogP contribution < -0.4 is 11.1 Å². The van der Waals surface area contributed by atoms with E-state index in [0.717, 1.165) is 0 Å². The maximum atomic E-state index is 12.0. The van der Waals surface area contributed by atoms with Gasteiger partial charge in [-0.2, -0.15) is 0 Å². The molecule has 9 nitrogen and oxygen atoms in total. The Kier molecular flexibility index (Phi) is 5.36. The Morgan fingerprint density at radius 1 is 1.43 bits per heavy atom. The number of amides is 2. The molecular weight excluding hydrogens is 350 g/mol. The van der Waals surface area contributed by atoms with Gasteiger partial charge in [0.1, 0.15) is 10.5 Å². The Balaban J connectivity index is 3.03. The lowest BCUT2D eigenvalue weighted by Gasteiger charge is -2.13. The molecule has 4 N–H and O–H groups in total. The molecule has 2 amide bonds. The van der Waals surface area contributed by atoms with Crippen LogP contribution >= 0.6 is 15.9 Å². The standard InChI is InChI=1S/C11H10BrN3O6/c12-9-5(2-1-3-7(9)15(20)21)10(17)14-6(11(18)19)4-8(13)16/h1-3,6H,4H2,(H2,13,16)(H,14,17)(H,18,19)/t6-/m1/s1. The largest absolute Gasteiger partial charge is 0.480 e. The van der Waals surface area contributed by atoms with Gasteiger partial charge in [0.2, 0.25) is 5.91 Å². The lowest BCUT2D eigenvalue weighted by atomic mass is 10.1. The zero-order valence-corrected chi connectivity index (χ0v) is 12.0. The maximum absolute atomic E-state index is 12.0. The summed E-state index contributed by atoms with van der Waals surface area (Å²) in [7, 11) is 0. The van der Waals surface area contributed by atoms with Crippen molar-refractivity contribution in [1.29, 1.82) is 0 Å². The first-order chi connectivity index (χ1) is 9.73. The van der Waals surface area contributed by atoms with Gasteiger partial charge in [-0.3, -0.25) is 19.7 Å². The highest BCUT2D eigenvalue weighted by Crippen LogP contribution is 2.28. The van der Waals surface area contributed by atoms with Gasteiger partial charge in [0.05, 0.1) is 16.9 Å². The number of nitro benzene ring substituents is 1. The number of carbonyl (C=O) groups is 3. The van der Waals surface area contributed by atoms with E-state index in [2.05, 4.69) is 21.2 Å². The Bertz CT molecular complexity index is 618. The minimum Gasteiger partial charge on any atom is -0.480 e. The molecule has 0 fully saturated rings. The van der Waals surface area contributed by atoms with Crippen LogP contribution in [0.25, 0.3) is 0 Å². The molecule has 0 spiro atoms. The predicted molar refractivity (Wildman–Crippen MR) is 73.5 cm³/mol. The summed E-state index contributed by atoms with van der Waals surface area (Å²) in [6.45, 7) is 0. The second-order valence-electron chi connectivity index (χ2n) is 3.93. The first kappa shape index (κ1) is 16.6. The number of primary amides is 1. The van der Waals surface area contributed by atoms with Crippen LogP contribution in [0.3, 0.4) is 0 Å². The van der Waals surface area contributed by atoms with Crippen molar-refractivity contribution in [3.63, 3.8) is 0 Å². The smallest absolute Gasteiger partial charge is 0.326 e. The molecule has 0 saturated heterocycles. The summed E-state index contributed by atoms with van der Waals surface area (Å²) < 4.78 is -0.0873. The van der Waals surface area contributed by atoms with Gasteiger partial charge < -0.3 is 16.2 Å². The fourth-order valence-corrected chi connectivity index (χ4v) is 2.06. The Morgan fingerprint density at radius 2 is 2.05 bits per heavy atom. The number of nitrogens with zero attached hydrogens (tertiary/aromatic N) is 1. The zero-order valence-electron chi connectivity index (χ0n) is 10.4. The third kappa shape index (κ3) is 4.24. The van der Waals surface area contributed by atoms with E-state index in [1.165, 1.54) is 18.2 Å². The number of halogens is 1. The molecule has 0 heterocycles. The fourth-order valence-electron chi connectivity index (χ4n) is 1.47. The summed E-state index contributed by atoms with van der Waals surface area (Å²) in [5, 5.41) is 21.7. The van der Waals surface area contributed by atoms with E-state index < -0.39 is 35.2 Å². The molecule has 0 bridgehead atoms. The average molecular weight is 360 g/mol. The van der Waals surface area contributed by atoms with Crippen molar-refractivity contribution in [2.24, 2.45) is 5.73 Å². The van der Waals surface area contributed by atoms with Crippen molar-refractivity contribution in [1.82, 2.24) is 5.32 Å². The molecule has 112 valence electrons. The van der Waals surface area contributed by atoms with Crippen molar-refractivity contribution in [2.45, 2.75) is 12.5 Å². The molecule has 0 unspecified atom stereocenters. The third-order valence-corrected chi connectivity index (χ3v) is 3.26. The summed E-state index contributed by atoms with van der Waals surface area (Å²) in [6, 6.07) is 2.22. The molecule has 1 aromatic carbocycles. The first-order valence-electron chi connectivity index (χ1n) is 5.49. The first-order valence-corrected chi connectivity index (χ1v) is 6.28. The van der Waals surface area contributed by atoms with Crippen molar-refractivity contribution >= 4 is 39.4 Å². The van der Waals surface area contributed by atoms with Gasteiger partial charge in [0.25, 0.3) is 11.6 Å².